The molecule has 5 aromatic carbocycles. The summed E-state index contributed by atoms with van der Waals surface area (Å²) in [6, 6.07) is 34.8. The van der Waals surface area contributed by atoms with Gasteiger partial charge in [0.25, 0.3) is 0 Å². The Kier molecular flexibility index (Phi) is 9.54. The highest BCUT2D eigenvalue weighted by Crippen LogP contribution is 2.24. The van der Waals surface area contributed by atoms with Crippen LogP contribution in [0.5, 0.6) is 23.0 Å². The van der Waals surface area contributed by atoms with Crippen molar-refractivity contribution in [2.24, 2.45) is 9.98 Å². The van der Waals surface area contributed by atoms with Crippen molar-refractivity contribution in [2.75, 3.05) is 14.2 Å². The van der Waals surface area contributed by atoms with Gasteiger partial charge in [0.05, 0.1) is 36.7 Å². The summed E-state index contributed by atoms with van der Waals surface area (Å²) in [5, 5.41) is 0. The highest BCUT2D eigenvalue weighted by Gasteiger charge is 2.21. The van der Waals surface area contributed by atoms with E-state index in [0.717, 1.165) is 11.5 Å². The van der Waals surface area contributed by atoms with Gasteiger partial charge in [0, 0.05) is 23.6 Å². The fourth-order valence-electron chi connectivity index (χ4n) is 4.13. The van der Waals surface area contributed by atoms with Crippen LogP contribution in [0.15, 0.2) is 131 Å². The van der Waals surface area contributed by atoms with Gasteiger partial charge < -0.3 is 18.9 Å². The Morgan fingerprint density at radius 3 is 1.25 bits per heavy atom. The minimum Gasteiger partial charge on any atom is -0.497 e. The minimum atomic E-state index is -0.711. The van der Waals surface area contributed by atoms with E-state index >= 15 is 0 Å². The van der Waals surface area contributed by atoms with Gasteiger partial charge in [-0.05, 0) is 84.9 Å². The van der Waals surface area contributed by atoms with Gasteiger partial charge in [-0.2, -0.15) is 0 Å². The van der Waals surface area contributed by atoms with Gasteiger partial charge in [0.15, 0.2) is 0 Å². The lowest BCUT2D eigenvalue weighted by Crippen LogP contribution is -2.18. The number of carbonyl (C=O) groups is 2. The number of hydrogen-bond donors (Lipinski definition) is 0. The molecule has 0 amide bonds. The maximum Gasteiger partial charge on any atom is 0.344 e. The zero-order chi connectivity index (χ0) is 30.7. The van der Waals surface area contributed by atoms with Crippen LogP contribution in [0.2, 0.25) is 0 Å². The van der Waals surface area contributed by atoms with Gasteiger partial charge in [-0.1, -0.05) is 36.4 Å². The first kappa shape index (κ1) is 29.5. The van der Waals surface area contributed by atoms with E-state index in [2.05, 4.69) is 9.98 Å². The molecule has 8 nitrogen and oxygen atoms in total. The van der Waals surface area contributed by atoms with Crippen molar-refractivity contribution in [1.29, 1.82) is 0 Å². The fourth-order valence-corrected chi connectivity index (χ4v) is 4.13. The van der Waals surface area contributed by atoms with Crippen molar-refractivity contribution in [1.82, 2.24) is 0 Å². The molecule has 0 saturated carbocycles. The molecule has 0 spiro atoms. The Morgan fingerprint density at radius 1 is 0.500 bits per heavy atom. The number of para-hydroxylation sites is 2. The van der Waals surface area contributed by atoms with Crippen LogP contribution >= 0.6 is 0 Å². The SMILES string of the molecule is COc1ccc(N=Cc2ccccc2OC(=O)c2ccccc2C(=O)Oc2ccccc2C=Nc2ccc(OC)cc2)cc1. The molecule has 0 aliphatic heterocycles. The summed E-state index contributed by atoms with van der Waals surface area (Å²) < 4.78 is 21.8. The lowest BCUT2D eigenvalue weighted by atomic mass is 10.1. The number of carbonyl (C=O) groups excluding carboxylic acids is 2. The van der Waals surface area contributed by atoms with Crippen LogP contribution in [0.25, 0.3) is 0 Å². The van der Waals surface area contributed by atoms with E-state index < -0.39 is 11.9 Å². The normalized spacial score (nSPS) is 11.0. The molecule has 0 aliphatic rings. The molecule has 0 N–H and O–H groups in total. The average molecular weight is 585 g/mol. The Morgan fingerprint density at radius 2 is 0.864 bits per heavy atom. The second-order valence-corrected chi connectivity index (χ2v) is 9.31. The molecule has 0 radical (unpaired) electrons. The van der Waals surface area contributed by atoms with E-state index in [1.807, 2.05) is 36.4 Å². The van der Waals surface area contributed by atoms with E-state index in [4.69, 9.17) is 18.9 Å². The second-order valence-electron chi connectivity index (χ2n) is 9.31. The Balaban J connectivity index is 1.33. The third kappa shape index (κ3) is 7.43. The van der Waals surface area contributed by atoms with Crippen molar-refractivity contribution in [2.45, 2.75) is 0 Å². The zero-order valence-corrected chi connectivity index (χ0v) is 24.0. The van der Waals surface area contributed by atoms with Crippen LogP contribution in [0, 0.1) is 0 Å². The third-order valence-corrected chi connectivity index (χ3v) is 6.46. The van der Waals surface area contributed by atoms with Gasteiger partial charge in [0.1, 0.15) is 23.0 Å². The minimum absolute atomic E-state index is 0.0591. The summed E-state index contributed by atoms with van der Waals surface area (Å²) in [5.41, 5.74) is 2.69. The Hall–Kier alpha value is -6.02. The molecule has 0 aromatic heterocycles. The number of aliphatic imine (C=N–C) groups is 2. The number of hydrogen-bond acceptors (Lipinski definition) is 8. The van der Waals surface area contributed by atoms with Gasteiger partial charge >= 0.3 is 11.9 Å². The zero-order valence-electron chi connectivity index (χ0n) is 24.0. The first-order chi connectivity index (χ1) is 21.5. The summed E-state index contributed by atoms with van der Waals surface area (Å²) in [7, 11) is 3.19. The van der Waals surface area contributed by atoms with Gasteiger partial charge in [-0.15, -0.1) is 0 Å². The largest absolute Gasteiger partial charge is 0.497 e. The second kappa shape index (κ2) is 14.2. The molecule has 8 heteroatoms. The molecular formula is C36H28N2O6. The molecule has 0 fully saturated rings. The van der Waals surface area contributed by atoms with Crippen LogP contribution in [0.4, 0.5) is 11.4 Å². The van der Waals surface area contributed by atoms with E-state index in [9.17, 15) is 9.59 Å². The van der Waals surface area contributed by atoms with Crippen molar-refractivity contribution < 1.29 is 28.5 Å². The fraction of sp³-hybridized carbons (Fsp3) is 0.0556. The highest BCUT2D eigenvalue weighted by atomic mass is 16.5. The van der Waals surface area contributed by atoms with Gasteiger partial charge in [-0.25, -0.2) is 9.59 Å². The van der Waals surface area contributed by atoms with E-state index in [1.165, 1.54) is 12.1 Å². The topological polar surface area (TPSA) is 95.8 Å². The summed E-state index contributed by atoms with van der Waals surface area (Å²) in [4.78, 5) is 35.6. The third-order valence-electron chi connectivity index (χ3n) is 6.46. The predicted molar refractivity (Wildman–Crippen MR) is 170 cm³/mol. The number of rotatable bonds is 10. The van der Waals surface area contributed by atoms with Crippen molar-refractivity contribution >= 4 is 35.7 Å². The number of benzene rings is 5. The molecule has 0 heterocycles. The number of esters is 2. The van der Waals surface area contributed by atoms with Gasteiger partial charge in [0.2, 0.25) is 0 Å². The molecular weight excluding hydrogens is 556 g/mol. The van der Waals surface area contributed by atoms with Crippen LogP contribution in [0.1, 0.15) is 31.8 Å². The predicted octanol–water partition coefficient (Wildman–Crippen LogP) is 7.64. The summed E-state index contributed by atoms with van der Waals surface area (Å²) in [6.45, 7) is 0. The van der Waals surface area contributed by atoms with Crippen LogP contribution < -0.4 is 18.9 Å². The van der Waals surface area contributed by atoms with Gasteiger partial charge in [-0.3, -0.25) is 9.98 Å². The van der Waals surface area contributed by atoms with Crippen molar-refractivity contribution in [3.63, 3.8) is 0 Å². The molecule has 5 rings (SSSR count). The number of methoxy groups -OCH3 is 2. The lowest BCUT2D eigenvalue weighted by Gasteiger charge is -2.11. The molecule has 0 unspecified atom stereocenters. The van der Waals surface area contributed by atoms with Crippen LogP contribution in [-0.4, -0.2) is 38.6 Å². The van der Waals surface area contributed by atoms with E-state index in [0.29, 0.717) is 22.5 Å². The molecule has 218 valence electrons. The summed E-state index contributed by atoms with van der Waals surface area (Å²) in [5.74, 6) is 0.603. The van der Waals surface area contributed by atoms with E-state index in [-0.39, 0.29) is 22.6 Å². The standard InChI is InChI=1S/C36H28N2O6/c1-41-29-19-15-27(16-20-29)37-23-25-9-3-7-13-33(25)43-35(39)31-11-5-6-12-32(31)36(40)44-34-14-8-4-10-26(34)24-38-28-17-21-30(42-2)22-18-28/h3-24H,1-2H3. The molecule has 5 aromatic rings. The molecule has 0 saturated heterocycles. The van der Waals surface area contributed by atoms with Crippen molar-refractivity contribution in [3.05, 3.63) is 144 Å². The number of nitrogens with zero attached hydrogens (tertiary/aromatic N) is 2. The highest BCUT2D eigenvalue weighted by molar-refractivity contribution is 6.05. The first-order valence-corrected chi connectivity index (χ1v) is 13.6. The Bertz CT molecular complexity index is 1680. The summed E-state index contributed by atoms with van der Waals surface area (Å²) in [6.07, 6.45) is 3.21. The number of ether oxygens (including phenoxy) is 4. The average Bonchev–Trinajstić information content (AvgIpc) is 3.08. The van der Waals surface area contributed by atoms with Crippen LogP contribution in [0.3, 0.4) is 0 Å². The molecule has 0 aliphatic carbocycles. The molecule has 0 bridgehead atoms. The lowest BCUT2D eigenvalue weighted by molar-refractivity contribution is 0.0692. The summed E-state index contributed by atoms with van der Waals surface area (Å²) >= 11 is 0. The maximum absolute atomic E-state index is 13.3. The van der Waals surface area contributed by atoms with Crippen molar-refractivity contribution in [3.8, 4) is 23.0 Å². The van der Waals surface area contributed by atoms with E-state index in [1.54, 1.807) is 99.4 Å². The first-order valence-electron chi connectivity index (χ1n) is 13.6. The quantitative estimate of drug-likeness (QED) is 0.0951. The molecule has 44 heavy (non-hydrogen) atoms. The van der Waals surface area contributed by atoms with Crippen LogP contribution in [-0.2, 0) is 0 Å². The maximum atomic E-state index is 13.3. The smallest absolute Gasteiger partial charge is 0.344 e. The monoisotopic (exact) mass is 584 g/mol. The Labute approximate surface area is 254 Å². The molecule has 0 atom stereocenters.